The van der Waals surface area contributed by atoms with Gasteiger partial charge in [0.15, 0.2) is 0 Å². The molecule has 2 rings (SSSR count). The Morgan fingerprint density at radius 2 is 2.16 bits per heavy atom. The zero-order chi connectivity index (χ0) is 14.0. The SMILES string of the molecule is Nc1cccc(F)c1S(=O)(=O)NCC1CCC(O)C1. The van der Waals surface area contributed by atoms with Crippen molar-refractivity contribution < 1.29 is 17.9 Å². The third-order valence-corrected chi connectivity index (χ3v) is 4.86. The average Bonchev–Trinajstić information content (AvgIpc) is 2.72. The number of sulfonamides is 1. The van der Waals surface area contributed by atoms with E-state index >= 15 is 0 Å². The quantitative estimate of drug-likeness (QED) is 0.716. The predicted molar refractivity (Wildman–Crippen MR) is 69.3 cm³/mol. The third-order valence-electron chi connectivity index (χ3n) is 3.34. The summed E-state index contributed by atoms with van der Waals surface area (Å²) in [7, 11) is -3.96. The summed E-state index contributed by atoms with van der Waals surface area (Å²) >= 11 is 0. The highest BCUT2D eigenvalue weighted by Gasteiger charge is 2.27. The van der Waals surface area contributed by atoms with Crippen LogP contribution in [0, 0.1) is 11.7 Å². The normalized spacial score (nSPS) is 23.7. The van der Waals surface area contributed by atoms with Gasteiger partial charge in [0.1, 0.15) is 10.7 Å². The smallest absolute Gasteiger partial charge is 0.245 e. The van der Waals surface area contributed by atoms with Gasteiger partial charge in [0.05, 0.1) is 11.8 Å². The molecule has 0 bridgehead atoms. The molecule has 4 N–H and O–H groups in total. The number of benzene rings is 1. The van der Waals surface area contributed by atoms with Crippen molar-refractivity contribution in [2.75, 3.05) is 12.3 Å². The minimum absolute atomic E-state index is 0.0813. The Bertz CT molecular complexity index is 542. The van der Waals surface area contributed by atoms with Crippen LogP contribution >= 0.6 is 0 Å². The number of nitrogen functional groups attached to an aromatic ring is 1. The maximum absolute atomic E-state index is 13.6. The van der Waals surface area contributed by atoms with Crippen molar-refractivity contribution in [2.45, 2.75) is 30.3 Å². The van der Waals surface area contributed by atoms with Gasteiger partial charge in [-0.2, -0.15) is 0 Å². The number of hydrogen-bond donors (Lipinski definition) is 3. The molecule has 5 nitrogen and oxygen atoms in total. The molecule has 1 fully saturated rings. The number of nitrogens with two attached hydrogens (primary N) is 1. The summed E-state index contributed by atoms with van der Waals surface area (Å²) in [4.78, 5) is -0.506. The molecule has 2 unspecified atom stereocenters. The van der Waals surface area contributed by atoms with Crippen LogP contribution in [0.25, 0.3) is 0 Å². The number of hydrogen-bond acceptors (Lipinski definition) is 4. The van der Waals surface area contributed by atoms with Crippen LogP contribution in [0.15, 0.2) is 23.1 Å². The van der Waals surface area contributed by atoms with E-state index in [0.29, 0.717) is 12.8 Å². The minimum Gasteiger partial charge on any atom is -0.398 e. The Morgan fingerprint density at radius 1 is 1.42 bits per heavy atom. The van der Waals surface area contributed by atoms with Gasteiger partial charge < -0.3 is 10.8 Å². The summed E-state index contributed by atoms with van der Waals surface area (Å²) in [5.74, 6) is -0.781. The lowest BCUT2D eigenvalue weighted by molar-refractivity contribution is 0.178. The number of aliphatic hydroxyl groups excluding tert-OH is 1. The summed E-state index contributed by atoms with van der Waals surface area (Å²) in [5, 5.41) is 9.38. The summed E-state index contributed by atoms with van der Waals surface area (Å²) in [6, 6.07) is 3.76. The van der Waals surface area contributed by atoms with Gasteiger partial charge in [-0.25, -0.2) is 17.5 Å². The first-order valence-corrected chi connectivity index (χ1v) is 7.60. The van der Waals surface area contributed by atoms with Crippen molar-refractivity contribution in [2.24, 2.45) is 5.92 Å². The van der Waals surface area contributed by atoms with E-state index in [0.717, 1.165) is 12.5 Å². The van der Waals surface area contributed by atoms with Gasteiger partial charge in [0.25, 0.3) is 0 Å². The van der Waals surface area contributed by atoms with Crippen molar-refractivity contribution in [1.82, 2.24) is 4.72 Å². The second kappa shape index (κ2) is 5.44. The fourth-order valence-electron chi connectivity index (χ4n) is 2.34. The monoisotopic (exact) mass is 288 g/mol. The number of rotatable bonds is 4. The fraction of sp³-hybridized carbons (Fsp3) is 0.500. The molecule has 0 aliphatic heterocycles. The molecule has 106 valence electrons. The molecule has 0 saturated heterocycles. The molecule has 0 amide bonds. The van der Waals surface area contributed by atoms with Crippen molar-refractivity contribution in [3.05, 3.63) is 24.0 Å². The first kappa shape index (κ1) is 14.2. The van der Waals surface area contributed by atoms with Crippen LogP contribution in [-0.2, 0) is 10.0 Å². The van der Waals surface area contributed by atoms with E-state index < -0.39 is 20.7 Å². The molecule has 0 aromatic heterocycles. The van der Waals surface area contributed by atoms with Crippen molar-refractivity contribution in [1.29, 1.82) is 0 Å². The molecule has 1 aromatic carbocycles. The average molecular weight is 288 g/mol. The zero-order valence-electron chi connectivity index (χ0n) is 10.3. The Labute approximate surface area is 111 Å². The van der Waals surface area contributed by atoms with Gasteiger partial charge in [-0.3, -0.25) is 0 Å². The van der Waals surface area contributed by atoms with E-state index in [9.17, 15) is 17.9 Å². The van der Waals surface area contributed by atoms with Crippen LogP contribution in [0.4, 0.5) is 10.1 Å². The number of anilines is 1. The summed E-state index contributed by atoms with van der Waals surface area (Å²) < 4.78 is 40.0. The van der Waals surface area contributed by atoms with E-state index in [1.54, 1.807) is 0 Å². The molecule has 19 heavy (non-hydrogen) atoms. The van der Waals surface area contributed by atoms with E-state index in [-0.39, 0.29) is 24.3 Å². The lowest BCUT2D eigenvalue weighted by Gasteiger charge is -2.13. The molecule has 2 atom stereocenters. The molecule has 0 radical (unpaired) electrons. The first-order valence-electron chi connectivity index (χ1n) is 6.12. The lowest BCUT2D eigenvalue weighted by atomic mass is 10.1. The summed E-state index contributed by atoms with van der Waals surface area (Å²) in [5.41, 5.74) is 5.40. The largest absolute Gasteiger partial charge is 0.398 e. The van der Waals surface area contributed by atoms with Crippen molar-refractivity contribution >= 4 is 15.7 Å². The number of aliphatic hydroxyl groups is 1. The molecule has 0 spiro atoms. The Kier molecular flexibility index (Phi) is 4.07. The highest BCUT2D eigenvalue weighted by molar-refractivity contribution is 7.89. The van der Waals surface area contributed by atoms with Gasteiger partial charge in [-0.1, -0.05) is 6.07 Å². The Hall–Kier alpha value is -1.18. The second-order valence-corrected chi connectivity index (χ2v) is 6.55. The maximum Gasteiger partial charge on any atom is 0.245 e. The molecule has 7 heteroatoms. The van der Waals surface area contributed by atoms with Crippen LogP contribution in [0.5, 0.6) is 0 Å². The van der Waals surface area contributed by atoms with Crippen molar-refractivity contribution in [3.63, 3.8) is 0 Å². The molecular formula is C12H17FN2O3S. The van der Waals surface area contributed by atoms with E-state index in [1.807, 2.05) is 0 Å². The summed E-state index contributed by atoms with van der Waals surface area (Å²) in [6.07, 6.45) is 1.63. The fourth-order valence-corrected chi connectivity index (χ4v) is 3.65. The maximum atomic E-state index is 13.6. The first-order chi connectivity index (χ1) is 8.90. The number of nitrogens with one attached hydrogen (secondary N) is 1. The predicted octanol–water partition coefficient (Wildman–Crippen LogP) is 0.847. The molecule has 1 aliphatic rings. The molecule has 1 aromatic rings. The Morgan fingerprint density at radius 3 is 2.74 bits per heavy atom. The molecule has 1 aliphatic carbocycles. The van der Waals surface area contributed by atoms with Gasteiger partial charge in [0.2, 0.25) is 10.0 Å². The van der Waals surface area contributed by atoms with Gasteiger partial charge in [-0.15, -0.1) is 0 Å². The van der Waals surface area contributed by atoms with Crippen LogP contribution < -0.4 is 10.5 Å². The highest BCUT2D eigenvalue weighted by atomic mass is 32.2. The van der Waals surface area contributed by atoms with Crippen LogP contribution in [0.3, 0.4) is 0 Å². The summed E-state index contributed by atoms with van der Waals surface area (Å²) in [6.45, 7) is 0.188. The van der Waals surface area contributed by atoms with E-state index in [4.69, 9.17) is 5.73 Å². The van der Waals surface area contributed by atoms with E-state index in [2.05, 4.69) is 4.72 Å². The van der Waals surface area contributed by atoms with Gasteiger partial charge in [-0.05, 0) is 37.3 Å². The van der Waals surface area contributed by atoms with E-state index in [1.165, 1.54) is 12.1 Å². The standard InChI is InChI=1S/C12H17FN2O3S/c13-10-2-1-3-11(14)12(10)19(17,18)15-7-8-4-5-9(16)6-8/h1-3,8-9,15-16H,4-7,14H2. The zero-order valence-corrected chi connectivity index (χ0v) is 11.2. The van der Waals surface area contributed by atoms with Gasteiger partial charge >= 0.3 is 0 Å². The number of halogens is 1. The molecular weight excluding hydrogens is 271 g/mol. The molecule has 0 heterocycles. The third kappa shape index (κ3) is 3.23. The van der Waals surface area contributed by atoms with Crippen molar-refractivity contribution in [3.8, 4) is 0 Å². The second-order valence-electron chi connectivity index (χ2n) is 4.84. The van der Waals surface area contributed by atoms with Crippen LogP contribution in [0.1, 0.15) is 19.3 Å². The van der Waals surface area contributed by atoms with Gasteiger partial charge in [0, 0.05) is 6.54 Å². The lowest BCUT2D eigenvalue weighted by Crippen LogP contribution is -2.30. The molecule has 1 saturated carbocycles. The highest BCUT2D eigenvalue weighted by Crippen LogP contribution is 2.26. The minimum atomic E-state index is -3.96. The topological polar surface area (TPSA) is 92.4 Å². The van der Waals surface area contributed by atoms with Crippen LogP contribution in [-0.4, -0.2) is 26.2 Å². The van der Waals surface area contributed by atoms with Crippen LogP contribution in [0.2, 0.25) is 0 Å². The Balaban J connectivity index is 2.10.